The quantitative estimate of drug-likeness (QED) is 0.620. The predicted molar refractivity (Wildman–Crippen MR) is 122 cm³/mol. The van der Waals surface area contributed by atoms with Gasteiger partial charge in [-0.1, -0.05) is 11.6 Å². The molecule has 0 saturated carbocycles. The van der Waals surface area contributed by atoms with Crippen molar-refractivity contribution in [2.45, 2.75) is 37.6 Å². The standard InChI is InChI=1S/C21H22ClN3O5S2/c1-2-30-21(27)25-10-9-16-17(12-23)20(31-18(16)13-25)24-19(26)4-3-11-32(28,29)15-7-5-14(22)6-8-15/h5-8H,2-4,9-11,13H2,1H3,(H,24,26). The minimum atomic E-state index is -3.52. The van der Waals surface area contributed by atoms with E-state index >= 15 is 0 Å². The lowest BCUT2D eigenvalue weighted by Crippen LogP contribution is -2.35. The van der Waals surface area contributed by atoms with Crippen molar-refractivity contribution in [3.8, 4) is 6.07 Å². The van der Waals surface area contributed by atoms with Crippen LogP contribution in [0.25, 0.3) is 0 Å². The van der Waals surface area contributed by atoms with Crippen LogP contribution in [0.5, 0.6) is 0 Å². The van der Waals surface area contributed by atoms with Gasteiger partial charge in [0.25, 0.3) is 0 Å². The van der Waals surface area contributed by atoms with Gasteiger partial charge in [-0.3, -0.25) is 4.79 Å². The van der Waals surface area contributed by atoms with Crippen LogP contribution in [-0.2, 0) is 32.3 Å². The summed E-state index contributed by atoms with van der Waals surface area (Å²) in [6, 6.07) is 8.03. The maximum atomic E-state index is 12.4. The highest BCUT2D eigenvalue weighted by molar-refractivity contribution is 7.91. The van der Waals surface area contributed by atoms with Crippen LogP contribution in [0.1, 0.15) is 35.8 Å². The van der Waals surface area contributed by atoms with E-state index in [1.165, 1.54) is 35.6 Å². The van der Waals surface area contributed by atoms with E-state index in [9.17, 15) is 23.3 Å². The number of benzene rings is 1. The number of thiophene rings is 1. The van der Waals surface area contributed by atoms with Gasteiger partial charge in [0.05, 0.1) is 29.4 Å². The average Bonchev–Trinajstić information content (AvgIpc) is 3.10. The first-order chi connectivity index (χ1) is 15.2. The summed E-state index contributed by atoms with van der Waals surface area (Å²) >= 11 is 7.05. The number of hydrogen-bond donors (Lipinski definition) is 1. The molecule has 0 spiro atoms. The molecule has 2 aromatic rings. The molecule has 0 fully saturated rings. The molecular formula is C21H22ClN3O5S2. The lowest BCUT2D eigenvalue weighted by molar-refractivity contribution is -0.116. The SMILES string of the molecule is CCOC(=O)N1CCc2c(sc(NC(=O)CCCS(=O)(=O)c3ccc(Cl)cc3)c2C#N)C1. The number of anilines is 1. The van der Waals surface area contributed by atoms with Crippen molar-refractivity contribution in [3.05, 3.63) is 45.3 Å². The number of ether oxygens (including phenoxy) is 1. The molecule has 1 aliphatic rings. The molecule has 0 saturated heterocycles. The first-order valence-electron chi connectivity index (χ1n) is 9.99. The summed E-state index contributed by atoms with van der Waals surface area (Å²) in [5.41, 5.74) is 1.23. The Morgan fingerprint density at radius 1 is 1.31 bits per heavy atom. The van der Waals surface area contributed by atoms with Gasteiger partial charge in [0, 0.05) is 22.9 Å². The van der Waals surface area contributed by atoms with Gasteiger partial charge < -0.3 is 15.0 Å². The smallest absolute Gasteiger partial charge is 0.410 e. The minimum absolute atomic E-state index is 0.00476. The van der Waals surface area contributed by atoms with E-state index in [0.717, 1.165) is 10.4 Å². The molecule has 1 N–H and O–H groups in total. The van der Waals surface area contributed by atoms with Crippen LogP contribution in [-0.4, -0.2) is 44.2 Å². The van der Waals surface area contributed by atoms with E-state index in [1.54, 1.807) is 11.8 Å². The van der Waals surface area contributed by atoms with Crippen molar-refractivity contribution in [2.75, 3.05) is 24.2 Å². The highest BCUT2D eigenvalue weighted by Crippen LogP contribution is 2.37. The highest BCUT2D eigenvalue weighted by Gasteiger charge is 2.28. The summed E-state index contributed by atoms with van der Waals surface area (Å²) in [5.74, 6) is -0.545. The van der Waals surface area contributed by atoms with Crippen molar-refractivity contribution < 1.29 is 22.7 Å². The second kappa shape index (κ2) is 10.3. The van der Waals surface area contributed by atoms with Crippen LogP contribution >= 0.6 is 22.9 Å². The number of halogens is 1. The predicted octanol–water partition coefficient (Wildman–Crippen LogP) is 3.98. The molecular weight excluding hydrogens is 474 g/mol. The fourth-order valence-electron chi connectivity index (χ4n) is 3.35. The van der Waals surface area contributed by atoms with Crippen LogP contribution < -0.4 is 5.32 Å². The normalized spacial score (nSPS) is 13.2. The molecule has 3 rings (SSSR count). The van der Waals surface area contributed by atoms with Crippen molar-refractivity contribution in [3.63, 3.8) is 0 Å². The topological polar surface area (TPSA) is 117 Å². The molecule has 1 aromatic carbocycles. The summed E-state index contributed by atoms with van der Waals surface area (Å²) in [7, 11) is -3.52. The number of carbonyl (C=O) groups is 2. The van der Waals surface area contributed by atoms with Crippen molar-refractivity contribution >= 4 is 49.8 Å². The van der Waals surface area contributed by atoms with Gasteiger partial charge in [-0.2, -0.15) is 5.26 Å². The van der Waals surface area contributed by atoms with E-state index in [4.69, 9.17) is 16.3 Å². The van der Waals surface area contributed by atoms with Crippen molar-refractivity contribution in [2.24, 2.45) is 0 Å². The van der Waals surface area contributed by atoms with Gasteiger partial charge in [-0.05, 0) is 49.6 Å². The van der Waals surface area contributed by atoms with E-state index in [2.05, 4.69) is 11.4 Å². The summed E-state index contributed by atoms with van der Waals surface area (Å²) in [5, 5.41) is 13.2. The lowest BCUT2D eigenvalue weighted by atomic mass is 10.0. The summed E-state index contributed by atoms with van der Waals surface area (Å²) < 4.78 is 29.8. The maximum absolute atomic E-state index is 12.4. The highest BCUT2D eigenvalue weighted by atomic mass is 35.5. The zero-order valence-electron chi connectivity index (χ0n) is 17.4. The molecule has 2 heterocycles. The van der Waals surface area contributed by atoms with Crippen LogP contribution in [0.4, 0.5) is 9.80 Å². The van der Waals surface area contributed by atoms with Crippen molar-refractivity contribution in [1.29, 1.82) is 5.26 Å². The number of sulfone groups is 1. The summed E-state index contributed by atoms with van der Waals surface area (Å²) in [4.78, 5) is 27.0. The average molecular weight is 496 g/mol. The molecule has 1 aliphatic heterocycles. The number of carbonyl (C=O) groups excluding carboxylic acids is 2. The van der Waals surface area contributed by atoms with Gasteiger partial charge in [0.2, 0.25) is 5.91 Å². The van der Waals surface area contributed by atoms with Gasteiger partial charge in [0.15, 0.2) is 9.84 Å². The zero-order valence-corrected chi connectivity index (χ0v) is 19.8. The van der Waals surface area contributed by atoms with E-state index in [-0.39, 0.29) is 36.0 Å². The third kappa shape index (κ3) is 5.59. The van der Waals surface area contributed by atoms with Crippen molar-refractivity contribution in [1.82, 2.24) is 4.90 Å². The molecule has 32 heavy (non-hydrogen) atoms. The molecule has 0 aliphatic carbocycles. The number of hydrogen-bond acceptors (Lipinski definition) is 7. The number of nitrogens with zero attached hydrogens (tertiary/aromatic N) is 2. The Morgan fingerprint density at radius 3 is 2.69 bits per heavy atom. The summed E-state index contributed by atoms with van der Waals surface area (Å²) in [6.07, 6.45) is 0.232. The molecule has 8 nitrogen and oxygen atoms in total. The van der Waals surface area contributed by atoms with Crippen LogP contribution in [0, 0.1) is 11.3 Å². The number of fused-ring (bicyclic) bond motifs is 1. The van der Waals surface area contributed by atoms with Crippen LogP contribution in [0.15, 0.2) is 29.2 Å². The van der Waals surface area contributed by atoms with Gasteiger partial charge in [0.1, 0.15) is 11.1 Å². The fourth-order valence-corrected chi connectivity index (χ4v) is 6.02. The number of amides is 2. The number of nitriles is 1. The maximum Gasteiger partial charge on any atom is 0.410 e. The summed E-state index contributed by atoms with van der Waals surface area (Å²) in [6.45, 7) is 2.78. The number of rotatable bonds is 7. The Labute approximate surface area is 195 Å². The third-order valence-electron chi connectivity index (χ3n) is 4.94. The Bertz CT molecular complexity index is 1150. The first kappa shape index (κ1) is 24.0. The van der Waals surface area contributed by atoms with E-state index in [0.29, 0.717) is 35.1 Å². The first-order valence-corrected chi connectivity index (χ1v) is 12.8. The van der Waals surface area contributed by atoms with Crippen LogP contribution in [0.2, 0.25) is 5.02 Å². The second-order valence-electron chi connectivity index (χ2n) is 7.11. The second-order valence-corrected chi connectivity index (χ2v) is 10.8. The zero-order chi connectivity index (χ0) is 23.3. The molecule has 2 amide bonds. The van der Waals surface area contributed by atoms with Gasteiger partial charge in [-0.25, -0.2) is 13.2 Å². The third-order valence-corrected chi connectivity index (χ3v) is 8.14. The molecule has 0 bridgehead atoms. The minimum Gasteiger partial charge on any atom is -0.450 e. The van der Waals surface area contributed by atoms with E-state index in [1.807, 2.05) is 0 Å². The largest absolute Gasteiger partial charge is 0.450 e. The fraction of sp³-hybridized carbons (Fsp3) is 0.381. The van der Waals surface area contributed by atoms with Gasteiger partial charge in [-0.15, -0.1) is 11.3 Å². The molecule has 0 atom stereocenters. The molecule has 11 heteroatoms. The monoisotopic (exact) mass is 495 g/mol. The number of nitrogens with one attached hydrogen (secondary N) is 1. The lowest BCUT2D eigenvalue weighted by Gasteiger charge is -2.25. The molecule has 1 aromatic heterocycles. The Balaban J connectivity index is 1.60. The Hall–Kier alpha value is -2.61. The Morgan fingerprint density at radius 2 is 2.03 bits per heavy atom. The molecule has 0 radical (unpaired) electrons. The van der Waals surface area contributed by atoms with Crippen LogP contribution in [0.3, 0.4) is 0 Å². The Kier molecular flexibility index (Phi) is 7.77. The molecule has 0 unspecified atom stereocenters. The van der Waals surface area contributed by atoms with Gasteiger partial charge >= 0.3 is 6.09 Å². The van der Waals surface area contributed by atoms with E-state index < -0.39 is 15.9 Å². The molecule has 170 valence electrons.